The summed E-state index contributed by atoms with van der Waals surface area (Å²) in [6.07, 6.45) is 2.54. The van der Waals surface area contributed by atoms with E-state index in [1.165, 1.54) is 0 Å². The fourth-order valence-electron chi connectivity index (χ4n) is 2.48. The van der Waals surface area contributed by atoms with Crippen LogP contribution in [0.25, 0.3) is 0 Å². The topological polar surface area (TPSA) is 59.0 Å². The number of hydrogen-bond acceptors (Lipinski definition) is 5. The van der Waals surface area contributed by atoms with Crippen LogP contribution in [0.15, 0.2) is 10.4 Å². The zero-order valence-electron chi connectivity index (χ0n) is 14.8. The van der Waals surface area contributed by atoms with Crippen LogP contribution in [0, 0.1) is 6.92 Å². The van der Waals surface area contributed by atoms with Crippen LogP contribution in [-0.2, 0) is 16.0 Å². The molecule has 1 atom stereocenters. The van der Waals surface area contributed by atoms with Gasteiger partial charge in [0, 0.05) is 25.6 Å². The zero-order valence-corrected chi connectivity index (χ0v) is 17.9. The van der Waals surface area contributed by atoms with Crippen molar-refractivity contribution in [1.82, 2.24) is 15.2 Å². The van der Waals surface area contributed by atoms with E-state index in [0.717, 1.165) is 49.2 Å². The van der Waals surface area contributed by atoms with Crippen molar-refractivity contribution in [3.8, 4) is 0 Å². The molecule has 24 heavy (non-hydrogen) atoms. The minimum Gasteiger partial charge on any atom is -0.377 e. The van der Waals surface area contributed by atoms with Crippen LogP contribution in [0.1, 0.15) is 30.5 Å². The van der Waals surface area contributed by atoms with Crippen molar-refractivity contribution in [2.75, 3.05) is 40.0 Å². The molecule has 0 saturated carbocycles. The number of thiazole rings is 1. The smallest absolute Gasteiger partial charge is 0.194 e. The number of rotatable bonds is 8. The van der Waals surface area contributed by atoms with Gasteiger partial charge in [-0.2, -0.15) is 0 Å². The van der Waals surface area contributed by atoms with Gasteiger partial charge in [-0.25, -0.2) is 4.98 Å². The summed E-state index contributed by atoms with van der Waals surface area (Å²) in [7, 11) is 2.03. The van der Waals surface area contributed by atoms with Gasteiger partial charge in [0.25, 0.3) is 0 Å². The lowest BCUT2D eigenvalue weighted by Gasteiger charge is -2.21. The molecule has 6 nitrogen and oxygen atoms in total. The molecule has 1 saturated heterocycles. The van der Waals surface area contributed by atoms with E-state index >= 15 is 0 Å². The summed E-state index contributed by atoms with van der Waals surface area (Å²) in [5, 5.41) is 6.51. The maximum Gasteiger partial charge on any atom is 0.194 e. The van der Waals surface area contributed by atoms with E-state index in [9.17, 15) is 0 Å². The molecule has 1 aliphatic heterocycles. The lowest BCUT2D eigenvalue weighted by atomic mass is 10.2. The summed E-state index contributed by atoms with van der Waals surface area (Å²) < 4.78 is 11.2. The molecule has 0 aromatic carbocycles. The largest absolute Gasteiger partial charge is 0.377 e. The van der Waals surface area contributed by atoms with Crippen molar-refractivity contribution in [2.24, 2.45) is 4.99 Å². The second-order valence-corrected chi connectivity index (χ2v) is 6.72. The highest BCUT2D eigenvalue weighted by Gasteiger charge is 2.15. The van der Waals surface area contributed by atoms with Crippen molar-refractivity contribution >= 4 is 41.3 Å². The van der Waals surface area contributed by atoms with Crippen LogP contribution in [0.3, 0.4) is 0 Å². The van der Waals surface area contributed by atoms with Crippen molar-refractivity contribution in [1.29, 1.82) is 0 Å². The Hall–Kier alpha value is -0.450. The maximum absolute atomic E-state index is 5.66. The highest BCUT2D eigenvalue weighted by atomic mass is 127. The summed E-state index contributed by atoms with van der Waals surface area (Å²) in [4.78, 5) is 11.2. The van der Waals surface area contributed by atoms with Crippen LogP contribution in [0.4, 0.5) is 0 Å². The molecule has 0 spiro atoms. The third-order valence-corrected chi connectivity index (χ3v) is 4.41. The Morgan fingerprint density at radius 1 is 1.58 bits per heavy atom. The normalized spacial score (nSPS) is 17.6. The van der Waals surface area contributed by atoms with E-state index in [1.807, 2.05) is 14.0 Å². The van der Waals surface area contributed by atoms with Gasteiger partial charge < -0.3 is 19.7 Å². The Labute approximate surface area is 166 Å². The summed E-state index contributed by atoms with van der Waals surface area (Å²) in [5.74, 6) is 0.888. The van der Waals surface area contributed by atoms with E-state index in [0.29, 0.717) is 19.8 Å². The van der Waals surface area contributed by atoms with Gasteiger partial charge in [-0.15, -0.1) is 35.3 Å². The fourth-order valence-corrected chi connectivity index (χ4v) is 3.08. The summed E-state index contributed by atoms with van der Waals surface area (Å²) >= 11 is 1.68. The molecule has 1 aromatic heterocycles. The van der Waals surface area contributed by atoms with Gasteiger partial charge in [0.2, 0.25) is 0 Å². The van der Waals surface area contributed by atoms with Crippen LogP contribution < -0.4 is 5.32 Å². The van der Waals surface area contributed by atoms with E-state index < -0.39 is 0 Å². The maximum atomic E-state index is 5.66. The molecule has 138 valence electrons. The highest BCUT2D eigenvalue weighted by Crippen LogP contribution is 2.12. The fraction of sp³-hybridized carbons (Fsp3) is 0.750. The number of guanidine groups is 1. The van der Waals surface area contributed by atoms with Gasteiger partial charge in [-0.1, -0.05) is 0 Å². The van der Waals surface area contributed by atoms with Crippen LogP contribution in [0.5, 0.6) is 0 Å². The van der Waals surface area contributed by atoms with Gasteiger partial charge in [0.15, 0.2) is 5.96 Å². The number of hydrogen-bond donors (Lipinski definition) is 1. The molecule has 0 radical (unpaired) electrons. The molecule has 1 fully saturated rings. The molecule has 0 amide bonds. The molecular formula is C16H29IN4O2S. The summed E-state index contributed by atoms with van der Waals surface area (Å²) in [6, 6.07) is 0. The first kappa shape index (κ1) is 21.6. The average molecular weight is 468 g/mol. The zero-order chi connectivity index (χ0) is 16.5. The van der Waals surface area contributed by atoms with Crippen LogP contribution in [-0.4, -0.2) is 61.9 Å². The van der Waals surface area contributed by atoms with Gasteiger partial charge in [-0.3, -0.25) is 4.99 Å². The Kier molecular flexibility index (Phi) is 10.8. The molecule has 1 unspecified atom stereocenters. The molecule has 2 heterocycles. The predicted molar refractivity (Wildman–Crippen MR) is 110 cm³/mol. The van der Waals surface area contributed by atoms with Crippen molar-refractivity contribution in [2.45, 2.75) is 39.3 Å². The monoisotopic (exact) mass is 468 g/mol. The molecule has 1 N–H and O–H groups in total. The van der Waals surface area contributed by atoms with E-state index in [2.05, 4.69) is 32.5 Å². The number of ether oxygens (including phenoxy) is 2. The molecular weight excluding hydrogens is 439 g/mol. The van der Waals surface area contributed by atoms with Crippen LogP contribution in [0.2, 0.25) is 0 Å². The number of aliphatic imine (C=N–C) groups is 1. The molecule has 2 rings (SSSR count). The standard InChI is InChI=1S/C16H28N4O2S.HI/c1-4-17-16(20(3)10-14-12-23-13(2)19-14)18-7-9-21-11-15-6-5-8-22-15;/h12,15H,4-11H2,1-3H3,(H,17,18);1H. The highest BCUT2D eigenvalue weighted by molar-refractivity contribution is 14.0. The Morgan fingerprint density at radius 3 is 3.04 bits per heavy atom. The first-order valence-electron chi connectivity index (χ1n) is 8.29. The molecule has 1 aromatic rings. The molecule has 0 bridgehead atoms. The number of halogens is 1. The molecule has 8 heteroatoms. The lowest BCUT2D eigenvalue weighted by molar-refractivity contribution is 0.0199. The lowest BCUT2D eigenvalue weighted by Crippen LogP contribution is -2.38. The van der Waals surface area contributed by atoms with Crippen LogP contribution >= 0.6 is 35.3 Å². The minimum absolute atomic E-state index is 0. The van der Waals surface area contributed by atoms with Crippen molar-refractivity contribution in [3.05, 3.63) is 16.1 Å². The quantitative estimate of drug-likeness (QED) is 0.275. The molecule has 0 aliphatic carbocycles. The van der Waals surface area contributed by atoms with E-state index in [1.54, 1.807) is 11.3 Å². The number of nitrogens with one attached hydrogen (secondary N) is 1. The Morgan fingerprint density at radius 2 is 2.42 bits per heavy atom. The van der Waals surface area contributed by atoms with Gasteiger partial charge in [0.05, 0.1) is 43.1 Å². The first-order valence-corrected chi connectivity index (χ1v) is 9.16. The van der Waals surface area contributed by atoms with Crippen molar-refractivity contribution < 1.29 is 9.47 Å². The SMILES string of the molecule is CCNC(=NCCOCC1CCCO1)N(C)Cc1csc(C)n1.I. The van der Waals surface area contributed by atoms with Gasteiger partial charge >= 0.3 is 0 Å². The third-order valence-electron chi connectivity index (χ3n) is 3.59. The van der Waals surface area contributed by atoms with E-state index in [4.69, 9.17) is 9.47 Å². The number of aromatic nitrogens is 1. The van der Waals surface area contributed by atoms with Gasteiger partial charge in [-0.05, 0) is 26.7 Å². The minimum atomic E-state index is 0. The Balaban J connectivity index is 0.00000288. The summed E-state index contributed by atoms with van der Waals surface area (Å²) in [5.41, 5.74) is 1.08. The van der Waals surface area contributed by atoms with Crippen molar-refractivity contribution in [3.63, 3.8) is 0 Å². The second-order valence-electron chi connectivity index (χ2n) is 5.66. The summed E-state index contributed by atoms with van der Waals surface area (Å²) in [6.45, 7) is 8.53. The third kappa shape index (κ3) is 7.62. The molecule has 1 aliphatic rings. The number of aryl methyl sites for hydroxylation is 1. The van der Waals surface area contributed by atoms with Gasteiger partial charge in [0.1, 0.15) is 0 Å². The Bertz CT molecular complexity index is 492. The second kappa shape index (κ2) is 12.0. The number of nitrogens with zero attached hydrogens (tertiary/aromatic N) is 3. The predicted octanol–water partition coefficient (Wildman–Crippen LogP) is 2.66. The average Bonchev–Trinajstić information content (AvgIpc) is 3.17. The first-order chi connectivity index (χ1) is 11.2. The van der Waals surface area contributed by atoms with E-state index in [-0.39, 0.29) is 30.1 Å².